The maximum absolute atomic E-state index is 5.58. The average Bonchev–Trinajstić information content (AvgIpc) is 2.99. The van der Waals surface area contributed by atoms with Crippen LogP contribution in [0.25, 0.3) is 10.2 Å². The maximum Gasteiger partial charge on any atom is 0.204 e. The lowest BCUT2D eigenvalue weighted by Gasteiger charge is -2.11. The van der Waals surface area contributed by atoms with Crippen molar-refractivity contribution in [2.45, 2.75) is 6.92 Å². The zero-order valence-corrected chi connectivity index (χ0v) is 15.6. The van der Waals surface area contributed by atoms with Gasteiger partial charge in [0.15, 0.2) is 11.5 Å². The molecule has 0 aliphatic heterocycles. The minimum atomic E-state index is 0.571. The Morgan fingerprint density at radius 2 is 2.17 bits per heavy atom. The normalized spacial score (nSPS) is 11.1. The topological polar surface area (TPSA) is 55.7 Å². The smallest absolute Gasteiger partial charge is 0.204 e. The van der Waals surface area contributed by atoms with Crippen molar-refractivity contribution in [3.05, 3.63) is 46.4 Å². The molecule has 24 heavy (non-hydrogen) atoms. The molecule has 0 atom stereocenters. The van der Waals surface area contributed by atoms with E-state index in [4.69, 9.17) is 9.47 Å². The zero-order valence-electron chi connectivity index (χ0n) is 13.2. The second-order valence-corrected chi connectivity index (χ2v) is 6.71. The van der Waals surface area contributed by atoms with Gasteiger partial charge in [0.1, 0.15) is 0 Å². The van der Waals surface area contributed by atoms with Gasteiger partial charge in [0.05, 0.1) is 34.6 Å². The van der Waals surface area contributed by atoms with Crippen molar-refractivity contribution in [2.24, 2.45) is 5.10 Å². The number of halogens is 1. The summed E-state index contributed by atoms with van der Waals surface area (Å²) < 4.78 is 12.9. The number of hydrazone groups is 1. The number of fused-ring (bicyclic) bond motifs is 1. The Bertz CT molecular complexity index is 846. The third-order valence-electron chi connectivity index (χ3n) is 3.21. The Balaban J connectivity index is 1.77. The molecule has 0 aliphatic rings. The minimum Gasteiger partial charge on any atom is -0.493 e. The molecule has 0 radical (unpaired) electrons. The highest BCUT2D eigenvalue weighted by Crippen LogP contribution is 2.36. The fourth-order valence-electron chi connectivity index (χ4n) is 2.18. The first-order chi connectivity index (χ1) is 11.7. The molecule has 0 fully saturated rings. The molecule has 1 heterocycles. The number of hydrogen-bond acceptors (Lipinski definition) is 6. The molecule has 1 aromatic heterocycles. The van der Waals surface area contributed by atoms with Gasteiger partial charge in [0.25, 0.3) is 0 Å². The number of benzene rings is 2. The average molecular weight is 406 g/mol. The molecular formula is C17H16BrN3O2S. The lowest BCUT2D eigenvalue weighted by molar-refractivity contribution is 0.309. The number of ether oxygens (including phenoxy) is 2. The summed E-state index contributed by atoms with van der Waals surface area (Å²) in [6.07, 6.45) is 1.72. The van der Waals surface area contributed by atoms with E-state index in [1.54, 1.807) is 24.7 Å². The number of nitrogens with zero attached hydrogens (tertiary/aromatic N) is 2. The summed E-state index contributed by atoms with van der Waals surface area (Å²) in [5.74, 6) is 1.35. The second-order valence-electron chi connectivity index (χ2n) is 4.82. The molecule has 0 unspecified atom stereocenters. The van der Waals surface area contributed by atoms with Gasteiger partial charge in [-0.15, -0.1) is 0 Å². The van der Waals surface area contributed by atoms with Crippen LogP contribution in [0.5, 0.6) is 11.5 Å². The van der Waals surface area contributed by atoms with Gasteiger partial charge in [0, 0.05) is 0 Å². The van der Waals surface area contributed by atoms with Crippen LogP contribution in [-0.2, 0) is 0 Å². The molecule has 0 saturated heterocycles. The first-order valence-corrected chi connectivity index (χ1v) is 8.97. The lowest BCUT2D eigenvalue weighted by Crippen LogP contribution is -1.98. The van der Waals surface area contributed by atoms with Crippen LogP contribution < -0.4 is 14.9 Å². The van der Waals surface area contributed by atoms with Crippen LogP contribution in [0.1, 0.15) is 12.5 Å². The van der Waals surface area contributed by atoms with Gasteiger partial charge in [0.2, 0.25) is 5.13 Å². The summed E-state index contributed by atoms with van der Waals surface area (Å²) >= 11 is 5.06. The predicted molar refractivity (Wildman–Crippen MR) is 103 cm³/mol. The van der Waals surface area contributed by atoms with Crippen LogP contribution in [0.3, 0.4) is 0 Å². The summed E-state index contributed by atoms with van der Waals surface area (Å²) in [6.45, 7) is 2.50. The number of thiazole rings is 1. The van der Waals surface area contributed by atoms with Crippen LogP contribution in [0.4, 0.5) is 5.13 Å². The minimum absolute atomic E-state index is 0.571. The molecule has 3 rings (SSSR count). The number of anilines is 1. The van der Waals surface area contributed by atoms with Gasteiger partial charge in [-0.1, -0.05) is 23.5 Å². The highest BCUT2D eigenvalue weighted by Gasteiger charge is 2.10. The molecule has 1 N–H and O–H groups in total. The fourth-order valence-corrected chi connectivity index (χ4v) is 3.57. The number of para-hydroxylation sites is 1. The van der Waals surface area contributed by atoms with E-state index in [9.17, 15) is 0 Å². The molecule has 124 valence electrons. The molecule has 0 bridgehead atoms. The highest BCUT2D eigenvalue weighted by atomic mass is 79.9. The van der Waals surface area contributed by atoms with Crippen LogP contribution in [-0.4, -0.2) is 24.9 Å². The number of hydrogen-bond donors (Lipinski definition) is 1. The van der Waals surface area contributed by atoms with E-state index >= 15 is 0 Å². The van der Waals surface area contributed by atoms with Gasteiger partial charge in [-0.2, -0.15) is 5.10 Å². The van der Waals surface area contributed by atoms with E-state index in [0.29, 0.717) is 18.1 Å². The number of nitrogens with one attached hydrogen (secondary N) is 1. The summed E-state index contributed by atoms with van der Waals surface area (Å²) in [4.78, 5) is 4.47. The molecule has 3 aromatic rings. The predicted octanol–water partition coefficient (Wildman–Crippen LogP) is 4.91. The molecule has 0 amide bonds. The highest BCUT2D eigenvalue weighted by molar-refractivity contribution is 9.10. The third kappa shape index (κ3) is 3.68. The van der Waals surface area contributed by atoms with Gasteiger partial charge in [-0.05, 0) is 52.7 Å². The standard InChI is InChI=1S/C17H16BrN3O2S/c1-3-23-16-12(18)8-11(9-14(16)22-2)10-19-21-17-20-13-6-4-5-7-15(13)24-17/h4-10H,3H2,1-2H3,(H,20,21)/b19-10-. The molecule has 0 aliphatic carbocycles. The summed E-state index contributed by atoms with van der Waals surface area (Å²) in [5.41, 5.74) is 4.82. The summed E-state index contributed by atoms with van der Waals surface area (Å²) in [5, 5.41) is 5.01. The number of methoxy groups -OCH3 is 1. The van der Waals surface area contributed by atoms with Gasteiger partial charge >= 0.3 is 0 Å². The Morgan fingerprint density at radius 1 is 1.33 bits per heavy atom. The van der Waals surface area contributed by atoms with Crippen molar-refractivity contribution in [1.29, 1.82) is 0 Å². The first kappa shape index (κ1) is 16.7. The van der Waals surface area contributed by atoms with Crippen molar-refractivity contribution in [1.82, 2.24) is 4.98 Å². The van der Waals surface area contributed by atoms with Gasteiger partial charge < -0.3 is 9.47 Å². The van der Waals surface area contributed by atoms with E-state index in [1.807, 2.05) is 43.3 Å². The Morgan fingerprint density at radius 3 is 2.92 bits per heavy atom. The van der Waals surface area contributed by atoms with Crippen molar-refractivity contribution in [3.8, 4) is 11.5 Å². The van der Waals surface area contributed by atoms with E-state index in [2.05, 4.69) is 31.4 Å². The quantitative estimate of drug-likeness (QED) is 0.467. The molecule has 7 heteroatoms. The monoisotopic (exact) mass is 405 g/mol. The van der Waals surface area contributed by atoms with Crippen molar-refractivity contribution in [2.75, 3.05) is 19.1 Å². The molecule has 0 spiro atoms. The molecular weight excluding hydrogens is 390 g/mol. The SMILES string of the molecule is CCOc1c(Br)cc(/C=N\Nc2nc3ccccc3s2)cc1OC. The Labute approximate surface area is 152 Å². The second kappa shape index (κ2) is 7.63. The van der Waals surface area contributed by atoms with Crippen LogP contribution >= 0.6 is 27.3 Å². The summed E-state index contributed by atoms with van der Waals surface area (Å²) in [7, 11) is 1.62. The van der Waals surface area contributed by atoms with E-state index in [1.165, 1.54) is 0 Å². The molecule has 2 aromatic carbocycles. The lowest BCUT2D eigenvalue weighted by atomic mass is 10.2. The third-order valence-corrected chi connectivity index (χ3v) is 4.74. The summed E-state index contributed by atoms with van der Waals surface area (Å²) in [6, 6.07) is 11.8. The Hall–Kier alpha value is -2.12. The molecule has 5 nitrogen and oxygen atoms in total. The van der Waals surface area contributed by atoms with E-state index in [0.717, 1.165) is 25.4 Å². The largest absolute Gasteiger partial charge is 0.493 e. The fraction of sp³-hybridized carbons (Fsp3) is 0.176. The van der Waals surface area contributed by atoms with Crippen LogP contribution in [0, 0.1) is 0 Å². The van der Waals surface area contributed by atoms with E-state index < -0.39 is 0 Å². The Kier molecular flexibility index (Phi) is 5.32. The van der Waals surface area contributed by atoms with Crippen molar-refractivity contribution in [3.63, 3.8) is 0 Å². The number of rotatable bonds is 6. The van der Waals surface area contributed by atoms with Crippen LogP contribution in [0.2, 0.25) is 0 Å². The number of aromatic nitrogens is 1. The van der Waals surface area contributed by atoms with Crippen molar-refractivity contribution < 1.29 is 9.47 Å². The van der Waals surface area contributed by atoms with Crippen molar-refractivity contribution >= 4 is 48.8 Å². The maximum atomic E-state index is 5.58. The van der Waals surface area contributed by atoms with Crippen LogP contribution in [0.15, 0.2) is 46.0 Å². The van der Waals surface area contributed by atoms with E-state index in [-0.39, 0.29) is 0 Å². The first-order valence-electron chi connectivity index (χ1n) is 7.36. The van der Waals surface area contributed by atoms with Gasteiger partial charge in [-0.3, -0.25) is 5.43 Å². The zero-order chi connectivity index (χ0) is 16.9. The van der Waals surface area contributed by atoms with Gasteiger partial charge in [-0.25, -0.2) is 4.98 Å². The molecule has 0 saturated carbocycles.